The third kappa shape index (κ3) is 6.18. The third-order valence-electron chi connectivity index (χ3n) is 6.56. The molecule has 2 aromatic rings. The Kier molecular flexibility index (Phi) is 9.26. The molecule has 5 N–H and O–H groups in total. The molecule has 1 aliphatic rings. The number of aliphatic hydroxyl groups excluding tert-OH is 1. The quantitative estimate of drug-likeness (QED) is 0.376. The van der Waals surface area contributed by atoms with Gasteiger partial charge in [-0.25, -0.2) is 0 Å². The zero-order valence-corrected chi connectivity index (χ0v) is 19.3. The smallest absolute Gasteiger partial charge is 0.223 e. The molecule has 1 amide bonds. The van der Waals surface area contributed by atoms with E-state index in [9.17, 15) is 9.90 Å². The topological polar surface area (TPSA) is 110 Å². The number of nitrogens with two attached hydrogens (primary N) is 1. The zero-order valence-electron chi connectivity index (χ0n) is 19.3. The predicted molar refractivity (Wildman–Crippen MR) is 128 cm³/mol. The van der Waals surface area contributed by atoms with Gasteiger partial charge >= 0.3 is 0 Å². The first-order valence-electron chi connectivity index (χ1n) is 11.9. The fourth-order valence-corrected chi connectivity index (χ4v) is 4.81. The number of primary amides is 1. The molecule has 1 aromatic heterocycles. The lowest BCUT2D eigenvalue weighted by Gasteiger charge is -2.38. The van der Waals surface area contributed by atoms with E-state index in [1.165, 1.54) is 25.7 Å². The summed E-state index contributed by atoms with van der Waals surface area (Å²) in [6.07, 6.45) is 8.27. The molecular weight excluding hydrogens is 404 g/mol. The van der Waals surface area contributed by atoms with Crippen LogP contribution in [0.4, 0.5) is 0 Å². The number of pyridine rings is 1. The summed E-state index contributed by atoms with van der Waals surface area (Å²) in [6, 6.07) is 7.31. The fraction of sp³-hybridized carbons (Fsp3) is 0.600. The van der Waals surface area contributed by atoms with Gasteiger partial charge in [0.1, 0.15) is 5.75 Å². The summed E-state index contributed by atoms with van der Waals surface area (Å²) in [5.41, 5.74) is 7.42. The van der Waals surface area contributed by atoms with E-state index in [1.807, 2.05) is 24.3 Å². The number of carbonyl (C=O) groups is 1. The maximum absolute atomic E-state index is 12.4. The van der Waals surface area contributed by atoms with Crippen molar-refractivity contribution in [1.82, 2.24) is 15.6 Å². The van der Waals surface area contributed by atoms with Gasteiger partial charge in [0.2, 0.25) is 5.91 Å². The lowest BCUT2D eigenvalue weighted by Crippen LogP contribution is -2.58. The van der Waals surface area contributed by atoms with E-state index in [0.717, 1.165) is 42.4 Å². The molecular formula is C25H38N4O3. The van der Waals surface area contributed by atoms with Crippen molar-refractivity contribution in [3.8, 4) is 5.75 Å². The van der Waals surface area contributed by atoms with E-state index in [1.54, 1.807) is 13.3 Å². The number of aromatic nitrogens is 1. The van der Waals surface area contributed by atoms with Gasteiger partial charge in [-0.15, -0.1) is 0 Å². The second-order valence-electron chi connectivity index (χ2n) is 8.79. The number of hydrogen-bond donors (Lipinski definition) is 4. The summed E-state index contributed by atoms with van der Waals surface area (Å²) in [4.78, 5) is 16.8. The number of hydrogen-bond acceptors (Lipinski definition) is 6. The van der Waals surface area contributed by atoms with Gasteiger partial charge in [-0.2, -0.15) is 0 Å². The number of carbonyl (C=O) groups excluding carboxylic acids is 1. The van der Waals surface area contributed by atoms with Gasteiger partial charge in [0, 0.05) is 23.7 Å². The maximum Gasteiger partial charge on any atom is 0.223 e. The summed E-state index contributed by atoms with van der Waals surface area (Å²) in [7, 11) is 1.62. The highest BCUT2D eigenvalue weighted by atomic mass is 16.5. The number of fused-ring (bicyclic) bond motifs is 1. The third-order valence-corrected chi connectivity index (χ3v) is 6.56. The number of nitrogens with one attached hydrogen (secondary N) is 2. The first kappa shape index (κ1) is 24.4. The molecule has 1 aromatic carbocycles. The summed E-state index contributed by atoms with van der Waals surface area (Å²) in [5.74, 6) is 0.0313. The van der Waals surface area contributed by atoms with E-state index >= 15 is 0 Å². The van der Waals surface area contributed by atoms with Crippen molar-refractivity contribution < 1.29 is 14.6 Å². The van der Waals surface area contributed by atoms with E-state index in [0.29, 0.717) is 12.2 Å². The Morgan fingerprint density at radius 2 is 2.12 bits per heavy atom. The lowest BCUT2D eigenvalue weighted by molar-refractivity contribution is -0.124. The van der Waals surface area contributed by atoms with Crippen LogP contribution in [0, 0.1) is 5.92 Å². The minimum Gasteiger partial charge on any atom is -0.497 e. The molecule has 0 aliphatic carbocycles. The Balaban J connectivity index is 1.68. The number of ether oxygens (including phenoxy) is 1. The number of amides is 1. The van der Waals surface area contributed by atoms with Gasteiger partial charge in [-0.3, -0.25) is 9.78 Å². The number of methoxy groups -OCH3 is 1. The number of rotatable bonds is 12. The lowest BCUT2D eigenvalue weighted by atomic mass is 9.81. The van der Waals surface area contributed by atoms with Crippen LogP contribution in [-0.4, -0.2) is 48.3 Å². The van der Waals surface area contributed by atoms with Crippen molar-refractivity contribution in [2.24, 2.45) is 11.7 Å². The van der Waals surface area contributed by atoms with Crippen LogP contribution in [-0.2, 0) is 4.79 Å². The SMILES string of the molecule is CCCCCCCN[C@@H]1CCN[C@H](C[C@H](O)c2ccnc3ccc(OC)cc23)[C@@H]1C(N)=O. The minimum absolute atomic E-state index is 0.0337. The molecule has 2 heterocycles. The zero-order chi connectivity index (χ0) is 22.9. The predicted octanol–water partition coefficient (Wildman–Crippen LogP) is 3.06. The standard InChI is InChI=1S/C25H38N4O3/c1-3-4-5-6-7-12-27-21-11-14-29-22(24(21)25(26)31)16-23(30)18-10-13-28-20-9-8-17(32-2)15-19(18)20/h8-10,13,15,21-24,27,29-30H,3-7,11-12,14,16H2,1-2H3,(H2,26,31)/t21-,22-,23+,24-/m1/s1. The van der Waals surface area contributed by atoms with E-state index in [2.05, 4.69) is 22.5 Å². The molecule has 0 spiro atoms. The van der Waals surface area contributed by atoms with Crippen molar-refractivity contribution in [1.29, 1.82) is 0 Å². The second kappa shape index (κ2) is 12.1. The number of unbranched alkanes of at least 4 members (excludes halogenated alkanes) is 4. The molecule has 1 saturated heterocycles. The maximum atomic E-state index is 12.4. The van der Waals surface area contributed by atoms with E-state index < -0.39 is 6.10 Å². The summed E-state index contributed by atoms with van der Waals surface area (Å²) in [5, 5.41) is 19.0. The van der Waals surface area contributed by atoms with Crippen LogP contribution in [0.3, 0.4) is 0 Å². The van der Waals surface area contributed by atoms with Gasteiger partial charge in [0.05, 0.1) is 24.6 Å². The van der Waals surface area contributed by atoms with Crippen LogP contribution in [0.2, 0.25) is 0 Å². The van der Waals surface area contributed by atoms with Crippen molar-refractivity contribution in [3.05, 3.63) is 36.0 Å². The highest BCUT2D eigenvalue weighted by Crippen LogP contribution is 2.31. The van der Waals surface area contributed by atoms with Crippen LogP contribution in [0.15, 0.2) is 30.5 Å². The Labute approximate surface area is 191 Å². The van der Waals surface area contributed by atoms with Gasteiger partial charge < -0.3 is 26.2 Å². The Bertz CT molecular complexity index is 875. The highest BCUT2D eigenvalue weighted by Gasteiger charge is 2.38. The number of benzene rings is 1. The number of nitrogens with zero attached hydrogens (tertiary/aromatic N) is 1. The van der Waals surface area contributed by atoms with Crippen molar-refractivity contribution >= 4 is 16.8 Å². The van der Waals surface area contributed by atoms with Crippen LogP contribution in [0.1, 0.15) is 63.5 Å². The van der Waals surface area contributed by atoms with Gasteiger partial charge in [-0.05, 0) is 62.2 Å². The van der Waals surface area contributed by atoms with Gasteiger partial charge in [-0.1, -0.05) is 32.6 Å². The summed E-state index contributed by atoms with van der Waals surface area (Å²) in [6.45, 7) is 3.90. The summed E-state index contributed by atoms with van der Waals surface area (Å²) < 4.78 is 5.35. The number of aliphatic hydroxyl groups is 1. The molecule has 1 aliphatic heterocycles. The molecule has 0 saturated carbocycles. The van der Waals surface area contributed by atoms with Crippen LogP contribution < -0.4 is 21.1 Å². The molecule has 0 unspecified atom stereocenters. The van der Waals surface area contributed by atoms with E-state index in [-0.39, 0.29) is 23.9 Å². The largest absolute Gasteiger partial charge is 0.497 e. The Morgan fingerprint density at radius 1 is 1.31 bits per heavy atom. The fourth-order valence-electron chi connectivity index (χ4n) is 4.81. The first-order valence-corrected chi connectivity index (χ1v) is 11.9. The normalized spacial score (nSPS) is 22.0. The summed E-state index contributed by atoms with van der Waals surface area (Å²) >= 11 is 0. The average Bonchev–Trinajstić information content (AvgIpc) is 2.80. The van der Waals surface area contributed by atoms with Gasteiger partial charge in [0.25, 0.3) is 0 Å². The highest BCUT2D eigenvalue weighted by molar-refractivity contribution is 5.84. The molecule has 4 atom stereocenters. The molecule has 176 valence electrons. The second-order valence-corrected chi connectivity index (χ2v) is 8.79. The molecule has 32 heavy (non-hydrogen) atoms. The molecule has 0 radical (unpaired) electrons. The van der Waals surface area contributed by atoms with Crippen molar-refractivity contribution in [3.63, 3.8) is 0 Å². The Morgan fingerprint density at radius 3 is 2.88 bits per heavy atom. The molecule has 0 bridgehead atoms. The Hall–Kier alpha value is -2.22. The average molecular weight is 443 g/mol. The van der Waals surface area contributed by atoms with Crippen LogP contribution >= 0.6 is 0 Å². The number of piperidine rings is 1. The van der Waals surface area contributed by atoms with E-state index in [4.69, 9.17) is 10.5 Å². The monoisotopic (exact) mass is 442 g/mol. The van der Waals surface area contributed by atoms with Crippen molar-refractivity contribution in [2.75, 3.05) is 20.2 Å². The molecule has 7 nitrogen and oxygen atoms in total. The first-order chi connectivity index (χ1) is 15.5. The van der Waals surface area contributed by atoms with Gasteiger partial charge in [0.15, 0.2) is 0 Å². The van der Waals surface area contributed by atoms with Crippen LogP contribution in [0.25, 0.3) is 10.9 Å². The van der Waals surface area contributed by atoms with Crippen molar-refractivity contribution in [2.45, 2.75) is 70.1 Å². The van der Waals surface area contributed by atoms with Crippen LogP contribution in [0.5, 0.6) is 5.75 Å². The molecule has 3 rings (SSSR count). The molecule has 1 fully saturated rings. The molecule has 7 heteroatoms. The minimum atomic E-state index is -0.750.